The number of nitrogens with zero attached hydrogens (tertiary/aromatic N) is 4. The van der Waals surface area contributed by atoms with Gasteiger partial charge in [0.2, 0.25) is 5.91 Å². The molecule has 5 nitrogen and oxygen atoms in total. The van der Waals surface area contributed by atoms with E-state index in [4.69, 9.17) is 0 Å². The van der Waals surface area contributed by atoms with Crippen LogP contribution in [0.25, 0.3) is 22.5 Å². The van der Waals surface area contributed by atoms with Gasteiger partial charge in [-0.1, -0.05) is 47.7 Å². The summed E-state index contributed by atoms with van der Waals surface area (Å²) in [6, 6.07) is 16.1. The van der Waals surface area contributed by atoms with Gasteiger partial charge in [-0.05, 0) is 31.4 Å². The van der Waals surface area contributed by atoms with E-state index in [-0.39, 0.29) is 18.3 Å². The lowest BCUT2D eigenvalue weighted by atomic mass is 10.0. The van der Waals surface area contributed by atoms with E-state index < -0.39 is 0 Å². The summed E-state index contributed by atoms with van der Waals surface area (Å²) in [6.07, 6.45) is 3.21. The molecule has 2 heterocycles. The molecule has 6 heteroatoms. The Morgan fingerprint density at radius 3 is 2.41 bits per heavy atom. The molecule has 1 aromatic heterocycles. The van der Waals surface area contributed by atoms with Gasteiger partial charge in [0.15, 0.2) is 0 Å². The Morgan fingerprint density at radius 2 is 1.67 bits per heavy atom. The third kappa shape index (κ3) is 3.60. The van der Waals surface area contributed by atoms with Crippen molar-refractivity contribution in [3.8, 4) is 22.5 Å². The highest BCUT2D eigenvalue weighted by atomic mass is 19.1. The Kier molecular flexibility index (Phi) is 4.96. The predicted molar refractivity (Wildman–Crippen MR) is 101 cm³/mol. The molecule has 2 aromatic carbocycles. The Hall–Kier alpha value is -3.02. The molecule has 138 valence electrons. The molecular formula is C21H21FN4O. The zero-order valence-corrected chi connectivity index (χ0v) is 15.0. The van der Waals surface area contributed by atoms with Gasteiger partial charge in [-0.3, -0.25) is 4.79 Å². The fourth-order valence-corrected chi connectivity index (χ4v) is 3.51. The Labute approximate surface area is 157 Å². The summed E-state index contributed by atoms with van der Waals surface area (Å²) >= 11 is 0. The number of carbonyl (C=O) groups is 1. The van der Waals surface area contributed by atoms with Crippen molar-refractivity contribution in [3.05, 3.63) is 60.4 Å². The second kappa shape index (κ2) is 7.70. The normalized spacial score (nSPS) is 14.3. The van der Waals surface area contributed by atoms with Crippen LogP contribution >= 0.6 is 0 Å². The molecule has 1 saturated heterocycles. The topological polar surface area (TPSA) is 51.0 Å². The molecule has 0 aliphatic carbocycles. The fraction of sp³-hybridized carbons (Fsp3) is 0.286. The molecule has 27 heavy (non-hydrogen) atoms. The van der Waals surface area contributed by atoms with Crippen LogP contribution in [-0.2, 0) is 11.3 Å². The Bertz CT molecular complexity index is 932. The van der Waals surface area contributed by atoms with E-state index in [9.17, 15) is 9.18 Å². The summed E-state index contributed by atoms with van der Waals surface area (Å²) in [5.41, 5.74) is 2.34. The first-order valence-corrected chi connectivity index (χ1v) is 9.25. The van der Waals surface area contributed by atoms with Crippen LogP contribution in [0.15, 0.2) is 54.6 Å². The number of aromatic nitrogens is 3. The molecule has 1 aliphatic heterocycles. The quantitative estimate of drug-likeness (QED) is 0.708. The van der Waals surface area contributed by atoms with Gasteiger partial charge >= 0.3 is 0 Å². The van der Waals surface area contributed by atoms with Crippen LogP contribution in [0, 0.1) is 5.82 Å². The van der Waals surface area contributed by atoms with Crippen LogP contribution in [0.4, 0.5) is 4.39 Å². The number of hydrogen-bond donors (Lipinski definition) is 0. The first kappa shape index (κ1) is 17.4. The minimum absolute atomic E-state index is 0.00296. The average molecular weight is 364 g/mol. The van der Waals surface area contributed by atoms with Gasteiger partial charge in [-0.15, -0.1) is 5.10 Å². The monoisotopic (exact) mass is 364 g/mol. The number of carbonyl (C=O) groups excluding carboxylic acids is 1. The second-order valence-corrected chi connectivity index (χ2v) is 6.73. The summed E-state index contributed by atoms with van der Waals surface area (Å²) < 4.78 is 16.1. The lowest BCUT2D eigenvalue weighted by Gasteiger charge is -2.26. The van der Waals surface area contributed by atoms with Crippen molar-refractivity contribution in [3.63, 3.8) is 0 Å². The van der Waals surface area contributed by atoms with Crippen LogP contribution < -0.4 is 0 Å². The maximum atomic E-state index is 14.6. The average Bonchev–Trinajstić information content (AvgIpc) is 3.13. The SMILES string of the molecule is O=C(Cn1nnc(-c2ccccc2)c1-c1ccccc1F)N1CCCCC1. The van der Waals surface area contributed by atoms with Gasteiger partial charge in [-0.25, -0.2) is 9.07 Å². The minimum atomic E-state index is -0.358. The van der Waals surface area contributed by atoms with Gasteiger partial charge in [-0.2, -0.15) is 0 Å². The molecular weight excluding hydrogens is 343 g/mol. The van der Waals surface area contributed by atoms with Gasteiger partial charge in [0.05, 0.1) is 0 Å². The molecule has 0 radical (unpaired) electrons. The molecule has 0 saturated carbocycles. The van der Waals surface area contributed by atoms with Crippen LogP contribution in [0.1, 0.15) is 19.3 Å². The number of amides is 1. The van der Waals surface area contributed by atoms with Crippen molar-refractivity contribution in [2.75, 3.05) is 13.1 Å². The lowest BCUT2D eigenvalue weighted by Crippen LogP contribution is -2.38. The van der Waals surface area contributed by atoms with Crippen molar-refractivity contribution >= 4 is 5.91 Å². The Morgan fingerprint density at radius 1 is 0.963 bits per heavy atom. The predicted octanol–water partition coefficient (Wildman–Crippen LogP) is 3.76. The molecule has 0 unspecified atom stereocenters. The zero-order valence-electron chi connectivity index (χ0n) is 15.0. The van der Waals surface area contributed by atoms with Crippen LogP contribution in [0.3, 0.4) is 0 Å². The van der Waals surface area contributed by atoms with Crippen molar-refractivity contribution in [1.29, 1.82) is 0 Å². The number of piperidine rings is 1. The van der Waals surface area contributed by atoms with Crippen molar-refractivity contribution in [2.24, 2.45) is 0 Å². The minimum Gasteiger partial charge on any atom is -0.341 e. The summed E-state index contributed by atoms with van der Waals surface area (Å²) in [5.74, 6) is -0.361. The largest absolute Gasteiger partial charge is 0.341 e. The molecule has 1 aliphatic rings. The number of rotatable bonds is 4. The lowest BCUT2D eigenvalue weighted by molar-refractivity contribution is -0.132. The van der Waals surface area contributed by atoms with Gasteiger partial charge in [0.1, 0.15) is 23.7 Å². The molecule has 0 bridgehead atoms. The first-order valence-electron chi connectivity index (χ1n) is 9.25. The zero-order chi connectivity index (χ0) is 18.6. The van der Waals surface area contributed by atoms with Gasteiger partial charge in [0.25, 0.3) is 0 Å². The summed E-state index contributed by atoms with van der Waals surface area (Å²) in [4.78, 5) is 14.6. The second-order valence-electron chi connectivity index (χ2n) is 6.73. The van der Waals surface area contributed by atoms with Crippen LogP contribution in [0.2, 0.25) is 0 Å². The fourth-order valence-electron chi connectivity index (χ4n) is 3.51. The number of likely N-dealkylation sites (tertiary alicyclic amines) is 1. The number of benzene rings is 2. The van der Waals surface area contributed by atoms with E-state index in [1.54, 1.807) is 18.2 Å². The number of hydrogen-bond acceptors (Lipinski definition) is 3. The van der Waals surface area contributed by atoms with E-state index >= 15 is 0 Å². The first-order chi connectivity index (χ1) is 13.2. The summed E-state index contributed by atoms with van der Waals surface area (Å²) in [7, 11) is 0. The van der Waals surface area contributed by atoms with E-state index in [1.165, 1.54) is 10.7 Å². The maximum Gasteiger partial charge on any atom is 0.244 e. The molecule has 0 N–H and O–H groups in total. The molecule has 0 atom stereocenters. The van der Waals surface area contributed by atoms with E-state index in [1.807, 2.05) is 35.2 Å². The number of halogens is 1. The molecule has 3 aromatic rings. The van der Waals surface area contributed by atoms with Gasteiger partial charge in [0, 0.05) is 24.2 Å². The summed E-state index contributed by atoms with van der Waals surface area (Å²) in [5, 5.41) is 8.47. The highest BCUT2D eigenvalue weighted by molar-refractivity contribution is 5.81. The van der Waals surface area contributed by atoms with Crippen LogP contribution in [0.5, 0.6) is 0 Å². The molecule has 1 amide bonds. The molecule has 4 rings (SSSR count). The van der Waals surface area contributed by atoms with Crippen molar-refractivity contribution in [2.45, 2.75) is 25.8 Å². The van der Waals surface area contributed by atoms with E-state index in [2.05, 4.69) is 10.3 Å². The Balaban J connectivity index is 1.74. The standard InChI is InChI=1S/C21H21FN4O/c22-18-12-6-5-11-17(18)21-20(16-9-3-1-4-10-16)23-24-26(21)15-19(27)25-13-7-2-8-14-25/h1,3-6,9-12H,2,7-8,13-15H2. The highest BCUT2D eigenvalue weighted by Gasteiger charge is 2.23. The van der Waals surface area contributed by atoms with Crippen molar-refractivity contribution in [1.82, 2.24) is 19.9 Å². The third-order valence-electron chi connectivity index (χ3n) is 4.91. The van der Waals surface area contributed by atoms with Crippen LogP contribution in [-0.4, -0.2) is 38.9 Å². The third-order valence-corrected chi connectivity index (χ3v) is 4.91. The summed E-state index contributed by atoms with van der Waals surface area (Å²) in [6.45, 7) is 1.60. The highest BCUT2D eigenvalue weighted by Crippen LogP contribution is 2.31. The van der Waals surface area contributed by atoms with Crippen molar-refractivity contribution < 1.29 is 9.18 Å². The van der Waals surface area contributed by atoms with E-state index in [0.717, 1.165) is 37.9 Å². The smallest absolute Gasteiger partial charge is 0.244 e. The molecule has 1 fully saturated rings. The van der Waals surface area contributed by atoms with E-state index in [0.29, 0.717) is 17.0 Å². The molecule has 0 spiro atoms. The van der Waals surface area contributed by atoms with Gasteiger partial charge < -0.3 is 4.90 Å². The maximum absolute atomic E-state index is 14.6.